The maximum atomic E-state index is 14.8. The molecule has 5 heteroatoms. The average molecular weight is 784 g/mol. The minimum Gasteiger partial charge on any atom is -0.352 e. The molecule has 0 aromatic heterocycles. The Morgan fingerprint density at radius 1 is 0.571 bits per heavy atom. The molecule has 1 aliphatic carbocycles. The van der Waals surface area contributed by atoms with Crippen molar-refractivity contribution in [1.29, 1.82) is 0 Å². The molecule has 0 spiro atoms. The van der Waals surface area contributed by atoms with Gasteiger partial charge in [-0.15, -0.1) is 0 Å². The number of unbranched alkanes of at least 4 members (excludes halogenated alkanes) is 21. The maximum absolute atomic E-state index is 14.8. The summed E-state index contributed by atoms with van der Waals surface area (Å²) in [6, 6.07) is 0.122. The first-order chi connectivity index (χ1) is 27.5. The Hall–Kier alpha value is -1.36. The van der Waals surface area contributed by atoms with Gasteiger partial charge in [-0.1, -0.05) is 194 Å². The Morgan fingerprint density at radius 3 is 1.50 bits per heavy atom. The highest BCUT2D eigenvalue weighted by Crippen LogP contribution is 2.31. The molecule has 1 saturated heterocycles. The van der Waals surface area contributed by atoms with Crippen molar-refractivity contribution in [1.82, 2.24) is 15.1 Å². The lowest BCUT2D eigenvalue weighted by Crippen LogP contribution is -2.59. The molecule has 0 bridgehead atoms. The van der Waals surface area contributed by atoms with Crippen LogP contribution < -0.4 is 5.32 Å². The van der Waals surface area contributed by atoms with Crippen molar-refractivity contribution in [2.75, 3.05) is 19.6 Å². The fraction of sp³-hybridized carbons (Fsp3) is 0.922. The predicted octanol–water partition coefficient (Wildman–Crippen LogP) is 14.7. The monoisotopic (exact) mass is 784 g/mol. The highest BCUT2D eigenvalue weighted by molar-refractivity contribution is 5.88. The van der Waals surface area contributed by atoms with Crippen molar-refractivity contribution in [2.24, 2.45) is 5.92 Å². The van der Waals surface area contributed by atoms with Gasteiger partial charge >= 0.3 is 0 Å². The van der Waals surface area contributed by atoms with E-state index in [1.807, 2.05) is 0 Å². The molecule has 1 saturated carbocycles. The number of nitrogens with zero attached hydrogens (tertiary/aromatic N) is 2. The van der Waals surface area contributed by atoms with Gasteiger partial charge in [0.1, 0.15) is 6.04 Å². The van der Waals surface area contributed by atoms with Crippen molar-refractivity contribution in [3.63, 3.8) is 0 Å². The first-order valence-electron chi connectivity index (χ1n) is 25.5. The van der Waals surface area contributed by atoms with Crippen LogP contribution in [0.4, 0.5) is 0 Å². The van der Waals surface area contributed by atoms with Gasteiger partial charge in [0.25, 0.3) is 0 Å². The van der Waals surface area contributed by atoms with Crippen LogP contribution in [-0.2, 0) is 9.59 Å². The number of amides is 2. The summed E-state index contributed by atoms with van der Waals surface area (Å²) in [7, 11) is 0. The number of carbonyl (C=O) groups excluding carboxylic acids is 2. The molecule has 2 aliphatic rings. The van der Waals surface area contributed by atoms with Crippen LogP contribution in [0.2, 0.25) is 0 Å². The first kappa shape index (κ1) is 50.8. The minimum atomic E-state index is -0.321. The van der Waals surface area contributed by atoms with E-state index < -0.39 is 0 Å². The summed E-state index contributed by atoms with van der Waals surface area (Å²) in [5.74, 6) is 0.711. The third-order valence-electron chi connectivity index (χ3n) is 13.4. The van der Waals surface area contributed by atoms with Gasteiger partial charge in [-0.25, -0.2) is 0 Å². The van der Waals surface area contributed by atoms with Gasteiger partial charge in [-0.2, -0.15) is 0 Å². The molecule has 0 radical (unpaired) electrons. The number of hydrogen-bond donors (Lipinski definition) is 1. The molecule has 2 rings (SSSR count). The zero-order valence-electron chi connectivity index (χ0n) is 38.3. The zero-order valence-corrected chi connectivity index (χ0v) is 38.3. The summed E-state index contributed by atoms with van der Waals surface area (Å²) < 4.78 is 0. The van der Waals surface area contributed by atoms with Crippen LogP contribution >= 0.6 is 0 Å². The Labute approximate surface area is 350 Å². The summed E-state index contributed by atoms with van der Waals surface area (Å²) >= 11 is 0. The van der Waals surface area contributed by atoms with Crippen LogP contribution in [0.3, 0.4) is 0 Å². The summed E-state index contributed by atoms with van der Waals surface area (Å²) in [6.07, 6.45) is 48.4. The van der Waals surface area contributed by atoms with Gasteiger partial charge in [0.2, 0.25) is 11.8 Å². The van der Waals surface area contributed by atoms with E-state index in [-0.39, 0.29) is 35.9 Å². The molecule has 1 atom stereocenters. The summed E-state index contributed by atoms with van der Waals surface area (Å²) in [5.41, 5.74) is 0. The molecule has 2 fully saturated rings. The number of rotatable bonds is 35. The lowest BCUT2D eigenvalue weighted by Gasteiger charge is -2.44. The van der Waals surface area contributed by atoms with E-state index >= 15 is 0 Å². The van der Waals surface area contributed by atoms with E-state index in [4.69, 9.17) is 0 Å². The van der Waals surface area contributed by atoms with Crippen molar-refractivity contribution >= 4 is 11.8 Å². The summed E-state index contributed by atoms with van der Waals surface area (Å²) in [4.78, 5) is 34.5. The molecule has 1 unspecified atom stereocenters. The molecule has 2 amide bonds. The molecule has 0 aromatic rings. The van der Waals surface area contributed by atoms with Gasteiger partial charge in [-0.3, -0.25) is 9.59 Å². The van der Waals surface area contributed by atoms with Gasteiger partial charge in [-0.05, 0) is 96.2 Å². The first-order valence-corrected chi connectivity index (χ1v) is 25.5. The third kappa shape index (κ3) is 23.9. The number of allylic oxidation sites excluding steroid dienone is 2. The van der Waals surface area contributed by atoms with E-state index in [2.05, 4.69) is 55.0 Å². The van der Waals surface area contributed by atoms with Gasteiger partial charge < -0.3 is 15.1 Å². The van der Waals surface area contributed by atoms with E-state index in [0.29, 0.717) is 6.42 Å². The molecular formula is C51H97N3O2. The SMILES string of the molecule is CCCCCCCC/C=C\CCCCCCCC(=O)N(C(CCCCCCCC)CCCCCCCC)C(C(=O)NC1CCCCCC1)C1CCN(CC)CC1. The topological polar surface area (TPSA) is 52.7 Å². The molecule has 0 aromatic carbocycles. The average Bonchev–Trinajstić information content (AvgIpc) is 3.48. The van der Waals surface area contributed by atoms with Crippen LogP contribution in [-0.4, -0.2) is 59.4 Å². The van der Waals surface area contributed by atoms with E-state index in [1.54, 1.807) is 0 Å². The summed E-state index contributed by atoms with van der Waals surface area (Å²) in [6.45, 7) is 12.3. The molecule has 1 heterocycles. The fourth-order valence-electron chi connectivity index (χ4n) is 9.67. The normalized spacial score (nSPS) is 16.8. The van der Waals surface area contributed by atoms with Crippen molar-refractivity contribution < 1.29 is 9.59 Å². The fourth-order valence-corrected chi connectivity index (χ4v) is 9.67. The van der Waals surface area contributed by atoms with E-state index in [9.17, 15) is 9.59 Å². The lowest BCUT2D eigenvalue weighted by atomic mass is 9.85. The number of carbonyl (C=O) groups is 2. The highest BCUT2D eigenvalue weighted by Gasteiger charge is 2.41. The third-order valence-corrected chi connectivity index (χ3v) is 13.4. The zero-order chi connectivity index (χ0) is 40.3. The number of likely N-dealkylation sites (tertiary alicyclic amines) is 1. The Morgan fingerprint density at radius 2 is 1.02 bits per heavy atom. The minimum absolute atomic E-state index is 0.178. The van der Waals surface area contributed by atoms with Gasteiger partial charge in [0.15, 0.2) is 0 Å². The van der Waals surface area contributed by atoms with Crippen LogP contribution in [0.5, 0.6) is 0 Å². The second-order valence-corrected chi connectivity index (χ2v) is 18.3. The van der Waals surface area contributed by atoms with Crippen molar-refractivity contribution in [3.05, 3.63) is 12.2 Å². The lowest BCUT2D eigenvalue weighted by molar-refractivity contribution is -0.147. The molecule has 5 nitrogen and oxygen atoms in total. The Bertz CT molecular complexity index is 919. The van der Waals surface area contributed by atoms with Crippen LogP contribution in [0.1, 0.15) is 259 Å². The van der Waals surface area contributed by atoms with Crippen LogP contribution in [0.15, 0.2) is 12.2 Å². The molecule has 1 N–H and O–H groups in total. The predicted molar refractivity (Wildman–Crippen MR) is 244 cm³/mol. The second-order valence-electron chi connectivity index (χ2n) is 18.3. The largest absolute Gasteiger partial charge is 0.352 e. The Balaban J connectivity index is 2.15. The Kier molecular flexibility index (Phi) is 32.3. The number of piperidine rings is 1. The van der Waals surface area contributed by atoms with Crippen molar-refractivity contribution in [2.45, 2.75) is 277 Å². The van der Waals surface area contributed by atoms with E-state index in [1.165, 1.54) is 173 Å². The highest BCUT2D eigenvalue weighted by atomic mass is 16.2. The van der Waals surface area contributed by atoms with Crippen LogP contribution in [0, 0.1) is 5.92 Å². The molecule has 56 heavy (non-hydrogen) atoms. The molecular weight excluding hydrogens is 687 g/mol. The number of nitrogens with one attached hydrogen (secondary N) is 1. The molecule has 328 valence electrons. The summed E-state index contributed by atoms with van der Waals surface area (Å²) in [5, 5.41) is 3.62. The molecule has 1 aliphatic heterocycles. The maximum Gasteiger partial charge on any atom is 0.243 e. The quantitative estimate of drug-likeness (QED) is 0.0396. The standard InChI is InChI=1S/C51H97N3O2/c1-5-9-12-15-18-19-20-21-22-23-24-25-26-29-36-41-49(55)54(48(39-34-27-16-13-10-6-2)40-35-28-17-14-11-7-3)50(46-42-44-53(8-4)45-43-46)51(56)52-47-37-32-30-31-33-38-47/h21-22,46-48,50H,5-20,23-45H2,1-4H3,(H,52,56)/b22-21-. The number of hydrogen-bond acceptors (Lipinski definition) is 3. The van der Waals surface area contributed by atoms with Crippen molar-refractivity contribution in [3.8, 4) is 0 Å². The van der Waals surface area contributed by atoms with Gasteiger partial charge in [0.05, 0.1) is 0 Å². The second kappa shape index (κ2) is 35.6. The van der Waals surface area contributed by atoms with Crippen LogP contribution in [0.25, 0.3) is 0 Å². The smallest absolute Gasteiger partial charge is 0.243 e. The van der Waals surface area contributed by atoms with Gasteiger partial charge in [0, 0.05) is 18.5 Å². The van der Waals surface area contributed by atoms with E-state index in [0.717, 1.165) is 71.0 Å².